The summed E-state index contributed by atoms with van der Waals surface area (Å²) in [5.41, 5.74) is 2.33. The second-order valence-corrected chi connectivity index (χ2v) is 5.16. The van der Waals surface area contributed by atoms with Crippen LogP contribution in [0.15, 0.2) is 29.6 Å². The maximum Gasteiger partial charge on any atom is 0.162 e. The van der Waals surface area contributed by atoms with E-state index in [4.69, 9.17) is 9.47 Å². The van der Waals surface area contributed by atoms with Crippen molar-refractivity contribution in [2.45, 2.75) is 0 Å². The van der Waals surface area contributed by atoms with E-state index in [1.54, 1.807) is 25.6 Å². The lowest BCUT2D eigenvalue weighted by molar-refractivity contribution is 0.356. The first-order valence-electron chi connectivity index (χ1n) is 6.00. The third kappa shape index (κ3) is 1.82. The minimum Gasteiger partial charge on any atom is -0.493 e. The Morgan fingerprint density at radius 3 is 2.55 bits per heavy atom. The number of ether oxygens (including phenoxy) is 2. The van der Waals surface area contributed by atoms with Gasteiger partial charge in [0.15, 0.2) is 11.5 Å². The van der Waals surface area contributed by atoms with Gasteiger partial charge in [-0.05, 0) is 17.5 Å². The van der Waals surface area contributed by atoms with Crippen LogP contribution >= 0.6 is 11.3 Å². The Hall–Kier alpha value is -2.45. The van der Waals surface area contributed by atoms with Gasteiger partial charge < -0.3 is 14.5 Å². The maximum absolute atomic E-state index is 9.46. The topological polar surface area (TPSA) is 58.0 Å². The highest BCUT2D eigenvalue weighted by Crippen LogP contribution is 2.38. The van der Waals surface area contributed by atoms with E-state index in [2.05, 4.69) is 11.1 Å². The van der Waals surface area contributed by atoms with Crippen LogP contribution in [-0.4, -0.2) is 19.2 Å². The maximum atomic E-state index is 9.46. The molecule has 1 N–H and O–H groups in total. The molecule has 3 aromatic rings. The van der Waals surface area contributed by atoms with E-state index in [1.807, 2.05) is 29.6 Å². The Kier molecular flexibility index (Phi) is 3.09. The summed E-state index contributed by atoms with van der Waals surface area (Å²) in [6, 6.07) is 9.92. The first-order chi connectivity index (χ1) is 9.78. The molecule has 0 aliphatic rings. The van der Waals surface area contributed by atoms with Crippen molar-refractivity contribution in [3.05, 3.63) is 35.2 Å². The van der Waals surface area contributed by atoms with Crippen LogP contribution < -0.4 is 9.47 Å². The van der Waals surface area contributed by atoms with Crippen LogP contribution in [0.3, 0.4) is 0 Å². The van der Waals surface area contributed by atoms with Crippen molar-refractivity contribution in [1.82, 2.24) is 4.98 Å². The number of fused-ring (bicyclic) bond motifs is 1. The van der Waals surface area contributed by atoms with Gasteiger partial charge >= 0.3 is 0 Å². The fourth-order valence-corrected chi connectivity index (χ4v) is 2.97. The van der Waals surface area contributed by atoms with E-state index in [0.717, 1.165) is 21.5 Å². The van der Waals surface area contributed by atoms with Crippen molar-refractivity contribution in [2.24, 2.45) is 0 Å². The average molecular weight is 284 g/mol. The number of hydrogen-bond acceptors (Lipinski definition) is 4. The Bertz CT molecular complexity index is 797. The lowest BCUT2D eigenvalue weighted by atomic mass is 10.1. The molecule has 5 heteroatoms. The summed E-state index contributed by atoms with van der Waals surface area (Å²) in [7, 11) is 3.18. The van der Waals surface area contributed by atoms with Crippen LogP contribution in [0.1, 0.15) is 5.56 Å². The van der Waals surface area contributed by atoms with Crippen LogP contribution in [0, 0.1) is 11.3 Å². The molecule has 0 fully saturated rings. The molecule has 20 heavy (non-hydrogen) atoms. The molecular formula is C15H12N2O2S. The van der Waals surface area contributed by atoms with Crippen LogP contribution in [-0.2, 0) is 0 Å². The fourth-order valence-electron chi connectivity index (χ4n) is 2.24. The van der Waals surface area contributed by atoms with Gasteiger partial charge in [0.2, 0.25) is 0 Å². The fraction of sp³-hybridized carbons (Fsp3) is 0.133. The number of H-pyrrole nitrogens is 1. The monoisotopic (exact) mass is 284 g/mol. The second kappa shape index (κ2) is 4.91. The third-order valence-electron chi connectivity index (χ3n) is 3.18. The predicted molar refractivity (Wildman–Crippen MR) is 79.4 cm³/mol. The number of thiophene rings is 1. The van der Waals surface area contributed by atoms with Crippen molar-refractivity contribution < 1.29 is 9.47 Å². The van der Waals surface area contributed by atoms with Gasteiger partial charge in [-0.2, -0.15) is 5.26 Å². The summed E-state index contributed by atoms with van der Waals surface area (Å²) >= 11 is 1.60. The van der Waals surface area contributed by atoms with Crippen LogP contribution in [0.25, 0.3) is 21.5 Å². The Morgan fingerprint density at radius 2 is 1.95 bits per heavy atom. The molecule has 2 heterocycles. The lowest BCUT2D eigenvalue weighted by Crippen LogP contribution is -1.90. The smallest absolute Gasteiger partial charge is 0.162 e. The summed E-state index contributed by atoms with van der Waals surface area (Å²) in [5, 5.41) is 12.3. The van der Waals surface area contributed by atoms with Gasteiger partial charge in [-0.1, -0.05) is 6.07 Å². The average Bonchev–Trinajstić information content (AvgIpc) is 3.11. The number of aromatic amines is 1. The largest absolute Gasteiger partial charge is 0.493 e. The number of nitrogens with zero attached hydrogens (tertiary/aromatic N) is 1. The molecule has 0 bridgehead atoms. The number of aromatic nitrogens is 1. The van der Waals surface area contributed by atoms with Crippen LogP contribution in [0.4, 0.5) is 0 Å². The van der Waals surface area contributed by atoms with Gasteiger partial charge in [0.05, 0.1) is 35.9 Å². The first kappa shape index (κ1) is 12.6. The number of benzene rings is 1. The number of rotatable bonds is 3. The van der Waals surface area contributed by atoms with Crippen LogP contribution in [0.2, 0.25) is 0 Å². The zero-order valence-electron chi connectivity index (χ0n) is 11.1. The summed E-state index contributed by atoms with van der Waals surface area (Å²) in [6.07, 6.45) is 0. The number of nitrogens with one attached hydrogen (secondary N) is 1. The Morgan fingerprint density at radius 1 is 1.20 bits per heavy atom. The molecule has 2 aromatic heterocycles. The Labute approximate surface area is 120 Å². The molecule has 0 atom stereocenters. The van der Waals surface area contributed by atoms with Gasteiger partial charge in [0, 0.05) is 11.5 Å². The molecule has 100 valence electrons. The van der Waals surface area contributed by atoms with E-state index < -0.39 is 0 Å². The lowest BCUT2D eigenvalue weighted by Gasteiger charge is -2.06. The molecule has 0 aliphatic heterocycles. The molecule has 4 nitrogen and oxygen atoms in total. The normalized spacial score (nSPS) is 10.4. The molecule has 0 saturated carbocycles. The van der Waals surface area contributed by atoms with Crippen molar-refractivity contribution in [3.63, 3.8) is 0 Å². The summed E-state index contributed by atoms with van der Waals surface area (Å²) < 4.78 is 10.6. The third-order valence-corrected chi connectivity index (χ3v) is 4.07. The summed E-state index contributed by atoms with van der Waals surface area (Å²) in [4.78, 5) is 4.33. The Balaban J connectivity index is 2.32. The standard InChI is InChI=1S/C15H12N2O2S/c1-18-12-6-9-10(8-16)15(14-4-3-5-20-14)17-11(9)7-13(12)19-2/h3-7,17H,1-2H3. The first-order valence-corrected chi connectivity index (χ1v) is 6.88. The molecule has 0 amide bonds. The highest BCUT2D eigenvalue weighted by molar-refractivity contribution is 7.13. The molecule has 0 saturated heterocycles. The van der Waals surface area contributed by atoms with Crippen molar-refractivity contribution in [2.75, 3.05) is 14.2 Å². The van der Waals surface area contributed by atoms with Gasteiger partial charge in [0.25, 0.3) is 0 Å². The highest BCUT2D eigenvalue weighted by atomic mass is 32.1. The summed E-state index contributed by atoms with van der Waals surface area (Å²) in [5.74, 6) is 1.26. The van der Waals surface area contributed by atoms with Gasteiger partial charge in [0.1, 0.15) is 6.07 Å². The number of hydrogen-bond donors (Lipinski definition) is 1. The SMILES string of the molecule is COc1cc2[nH]c(-c3cccs3)c(C#N)c2cc1OC. The van der Waals surface area contributed by atoms with Crippen LogP contribution in [0.5, 0.6) is 11.5 Å². The molecule has 1 aromatic carbocycles. The second-order valence-electron chi connectivity index (χ2n) is 4.22. The molecule has 3 rings (SSSR count). The van der Waals surface area contributed by atoms with E-state index >= 15 is 0 Å². The van der Waals surface area contributed by atoms with Crippen molar-refractivity contribution in [1.29, 1.82) is 5.26 Å². The zero-order valence-corrected chi connectivity index (χ0v) is 11.9. The molecule has 0 unspecified atom stereocenters. The molecule has 0 radical (unpaired) electrons. The molecular weight excluding hydrogens is 272 g/mol. The number of methoxy groups -OCH3 is 2. The van der Waals surface area contributed by atoms with Gasteiger partial charge in [-0.3, -0.25) is 0 Å². The van der Waals surface area contributed by atoms with Crippen molar-refractivity contribution in [3.8, 4) is 28.1 Å². The minimum absolute atomic E-state index is 0.619. The van der Waals surface area contributed by atoms with Crippen molar-refractivity contribution >= 4 is 22.2 Å². The minimum atomic E-state index is 0.619. The molecule has 0 spiro atoms. The quantitative estimate of drug-likeness (QED) is 0.796. The molecule has 0 aliphatic carbocycles. The van der Waals surface area contributed by atoms with E-state index in [-0.39, 0.29) is 0 Å². The number of nitriles is 1. The predicted octanol–water partition coefficient (Wildman–Crippen LogP) is 3.79. The summed E-state index contributed by atoms with van der Waals surface area (Å²) in [6.45, 7) is 0. The highest BCUT2D eigenvalue weighted by Gasteiger charge is 2.16. The van der Waals surface area contributed by atoms with E-state index in [9.17, 15) is 5.26 Å². The van der Waals surface area contributed by atoms with Gasteiger partial charge in [-0.25, -0.2) is 0 Å². The van der Waals surface area contributed by atoms with Gasteiger partial charge in [-0.15, -0.1) is 11.3 Å². The van der Waals surface area contributed by atoms with E-state index in [1.165, 1.54) is 0 Å². The van der Waals surface area contributed by atoms with E-state index in [0.29, 0.717) is 17.1 Å². The zero-order chi connectivity index (χ0) is 14.1.